The molecular weight excluding hydrogens is 1510 g/mol. The minimum atomic E-state index is -0.727. The Labute approximate surface area is 657 Å². The zero-order chi connectivity index (χ0) is 84.9. The summed E-state index contributed by atoms with van der Waals surface area (Å²) in [4.78, 5) is 56.5. The molecule has 0 saturated carbocycles. The Kier molecular flexibility index (Phi) is 27.7. The van der Waals surface area contributed by atoms with Crippen LogP contribution in [0, 0.1) is 13.8 Å². The van der Waals surface area contributed by atoms with Crippen LogP contribution in [0.1, 0.15) is 58.1 Å². The molecule has 13 aromatic rings. The number of hydrogen-bond acceptors (Lipinski definition) is 28. The third-order valence-corrected chi connectivity index (χ3v) is 16.5. The number of rotatable bonds is 13. The normalized spacial score (nSPS) is 10.3. The van der Waals surface area contributed by atoms with Crippen LogP contribution in [0.25, 0.3) is 22.6 Å². The fourth-order valence-electron chi connectivity index (χ4n) is 9.94. The molecule has 1 aromatic heterocycles. The first-order valence-corrected chi connectivity index (χ1v) is 33.7. The minimum Gasteiger partial charge on any atom is -0.508 e. The second kappa shape index (κ2) is 38.0. The van der Waals surface area contributed by atoms with Crippen LogP contribution in [0.2, 0.25) is 0 Å². The van der Waals surface area contributed by atoms with E-state index in [1.54, 1.807) is 55.6 Å². The van der Waals surface area contributed by atoms with Gasteiger partial charge in [0.15, 0.2) is 115 Å². The van der Waals surface area contributed by atoms with E-state index in [9.17, 15) is 116 Å². The highest BCUT2D eigenvalue weighted by Crippen LogP contribution is 2.39. The van der Waals surface area contributed by atoms with E-state index in [1.807, 2.05) is 19.1 Å². The number of carbonyl (C=O) groups is 4. The molecule has 0 atom stereocenters. The molecule has 0 spiro atoms. The van der Waals surface area contributed by atoms with E-state index in [0.29, 0.717) is 34.9 Å². The Hall–Kier alpha value is -16.9. The van der Waals surface area contributed by atoms with Gasteiger partial charge >= 0.3 is 0 Å². The van der Waals surface area contributed by atoms with Gasteiger partial charge in [-0.3, -0.25) is 19.2 Å². The monoisotopic (exact) mass is 1590 g/mol. The number of anilines is 5. The molecular formula is C83H75N7O26. The number of para-hydroxylation sites is 4. The number of phenols is 22. The van der Waals surface area contributed by atoms with E-state index >= 15 is 0 Å². The molecule has 33 heteroatoms. The van der Waals surface area contributed by atoms with E-state index in [4.69, 9.17) is 15.3 Å². The summed E-state index contributed by atoms with van der Waals surface area (Å²) in [5.41, 5.74) is 6.10. The van der Waals surface area contributed by atoms with Crippen molar-refractivity contribution < 1.29 is 132 Å². The highest BCUT2D eigenvalue weighted by atomic mass is 16.3. The molecule has 0 aliphatic rings. The van der Waals surface area contributed by atoms with Crippen LogP contribution in [0.3, 0.4) is 0 Å². The van der Waals surface area contributed by atoms with Crippen molar-refractivity contribution in [2.24, 2.45) is 0 Å². The molecule has 1 heterocycles. The van der Waals surface area contributed by atoms with Crippen LogP contribution in [-0.2, 0) is 6.54 Å². The first kappa shape index (κ1) is 84.7. The SMILES string of the molecule is CN(C(=O)c1ccc(O)c(O)c1)c1ccc(O)c(O)c1.Cc1ccc(-c2cnc(-c3ccc(O)c(O)c3)[nH]2)cc1O.Cc1cccc(NC(=O)c2ccc(O)c(O)c2)c1O.O=C(Nc1ccc(O)c(O)c1)c1cccc(O)c1O.O=C(Nc1cccc(O)c1O)c1cccc(O)c1O.Oc1ccc(CNc2ccc(O)c(O)c2)cc1O. The van der Waals surface area contributed by atoms with Gasteiger partial charge in [-0.2, -0.15) is 0 Å². The van der Waals surface area contributed by atoms with Gasteiger partial charge in [-0.05, 0) is 182 Å². The van der Waals surface area contributed by atoms with E-state index in [0.717, 1.165) is 40.6 Å². The number of amides is 4. The standard InChI is InChI=1S/C16H14N2O3.C14H13NO5.C14H13NO4.2C13H11NO5.C13H13NO4/c1-9-2-3-10(6-14(9)20)12-8-17-16(18-12)11-4-5-13(19)15(21)7-11;1-15(9-3-5-11(17)13(19)7-9)14(20)8-2-4-10(16)12(18)6-8;1-8-3-2-4-10(13(8)18)15-14(19)9-5-6-11(16)12(17)7-9;15-9-5-1-3-7(11(9)17)13(19)14-8-4-2-6-10(16)12(8)18;15-9-5-4-7(6-11(9)17)14-13(19)8-2-1-3-10(16)12(8)18;15-10-3-1-8(5-12(10)17)7-14-9-2-4-11(16)13(18)6-9/h2-8,19-21H,1H3,(H,17,18);2-7,16-19H,1H3;2-7,16-18H,1H3,(H,15,19);2*1-6,15-18H,(H,14,19);1-6,14-18H,7H2. The van der Waals surface area contributed by atoms with Gasteiger partial charge in [0.2, 0.25) is 0 Å². The van der Waals surface area contributed by atoms with Gasteiger partial charge in [0.1, 0.15) is 17.3 Å². The molecule has 0 bridgehead atoms. The summed E-state index contributed by atoms with van der Waals surface area (Å²) in [6.07, 6.45) is 1.66. The molecule has 33 nitrogen and oxygen atoms in total. The average molecular weight is 1590 g/mol. The van der Waals surface area contributed by atoms with Gasteiger partial charge < -0.3 is 143 Å². The molecule has 0 saturated heterocycles. The second-order valence-electron chi connectivity index (χ2n) is 24.7. The van der Waals surface area contributed by atoms with Crippen LogP contribution in [0.5, 0.6) is 126 Å². The lowest BCUT2D eigenvalue weighted by molar-refractivity contribution is 0.0988. The number of aromatic hydroxyl groups is 22. The zero-order valence-corrected chi connectivity index (χ0v) is 60.9. The fraction of sp³-hybridized carbons (Fsp3) is 0.0482. The Morgan fingerprint density at radius 3 is 1.30 bits per heavy atom. The Morgan fingerprint density at radius 2 is 0.759 bits per heavy atom. The number of carbonyl (C=O) groups excluding carboxylic acids is 4. The number of nitrogens with one attached hydrogen (secondary N) is 5. The number of benzene rings is 12. The lowest BCUT2D eigenvalue weighted by atomic mass is 10.1. The molecule has 4 amide bonds. The first-order chi connectivity index (χ1) is 55.0. The first-order valence-electron chi connectivity index (χ1n) is 33.7. The summed E-state index contributed by atoms with van der Waals surface area (Å²) in [6.45, 7) is 3.96. The number of imidazole rings is 1. The van der Waals surface area contributed by atoms with Crippen LogP contribution in [-0.4, -0.2) is 153 Å². The summed E-state index contributed by atoms with van der Waals surface area (Å²) in [7, 11) is 1.48. The smallest absolute Gasteiger partial charge is 0.259 e. The summed E-state index contributed by atoms with van der Waals surface area (Å²) in [5, 5.41) is 216. The number of H-pyrrole nitrogens is 1. The van der Waals surface area contributed by atoms with Gasteiger partial charge in [0, 0.05) is 71.1 Å². The number of phenolic OH excluding ortho intramolecular Hbond substituents is 22. The summed E-state index contributed by atoms with van der Waals surface area (Å²) >= 11 is 0. The Bertz CT molecular complexity index is 5640. The average Bonchev–Trinajstić information content (AvgIpc) is 1.59. The van der Waals surface area contributed by atoms with Crippen molar-refractivity contribution in [1.29, 1.82) is 0 Å². The minimum absolute atomic E-state index is 0.00106. The molecule has 27 N–H and O–H groups in total. The highest BCUT2D eigenvalue weighted by molar-refractivity contribution is 6.09. The number of aryl methyl sites for hydroxylation is 2. The maximum absolute atomic E-state index is 12.2. The Balaban J connectivity index is 0.000000174. The maximum Gasteiger partial charge on any atom is 0.259 e. The molecule has 0 aliphatic heterocycles. The van der Waals surface area contributed by atoms with Crippen molar-refractivity contribution in [1.82, 2.24) is 9.97 Å². The molecule has 13 rings (SSSR count). The van der Waals surface area contributed by atoms with E-state index in [2.05, 4.69) is 31.2 Å². The van der Waals surface area contributed by atoms with Crippen molar-refractivity contribution in [3.8, 4) is 149 Å². The number of aromatic amines is 1. The summed E-state index contributed by atoms with van der Waals surface area (Å²) in [6, 6.07) is 51.0. The summed E-state index contributed by atoms with van der Waals surface area (Å²) < 4.78 is 0. The van der Waals surface area contributed by atoms with Crippen molar-refractivity contribution in [2.45, 2.75) is 20.4 Å². The molecule has 0 unspecified atom stereocenters. The maximum atomic E-state index is 12.2. The van der Waals surface area contributed by atoms with Crippen LogP contribution < -0.4 is 26.2 Å². The quantitative estimate of drug-likeness (QED) is 0.0376. The highest BCUT2D eigenvalue weighted by Gasteiger charge is 2.21. The largest absolute Gasteiger partial charge is 0.508 e. The van der Waals surface area contributed by atoms with Crippen LogP contribution >= 0.6 is 0 Å². The van der Waals surface area contributed by atoms with Gasteiger partial charge in [-0.1, -0.05) is 48.5 Å². The predicted molar refractivity (Wildman–Crippen MR) is 424 cm³/mol. The van der Waals surface area contributed by atoms with E-state index in [1.165, 1.54) is 158 Å². The van der Waals surface area contributed by atoms with Gasteiger partial charge in [-0.25, -0.2) is 4.98 Å². The third kappa shape index (κ3) is 22.2. The van der Waals surface area contributed by atoms with Gasteiger partial charge in [0.05, 0.1) is 34.4 Å². The van der Waals surface area contributed by atoms with E-state index < -0.39 is 58.1 Å². The summed E-state index contributed by atoms with van der Waals surface area (Å²) in [5.74, 6) is -8.04. The van der Waals surface area contributed by atoms with E-state index in [-0.39, 0.29) is 131 Å². The van der Waals surface area contributed by atoms with Crippen molar-refractivity contribution in [2.75, 3.05) is 33.2 Å². The van der Waals surface area contributed by atoms with Crippen molar-refractivity contribution in [3.05, 3.63) is 264 Å². The third-order valence-electron chi connectivity index (χ3n) is 16.5. The van der Waals surface area contributed by atoms with Gasteiger partial charge in [-0.15, -0.1) is 0 Å². The zero-order valence-electron chi connectivity index (χ0n) is 60.9. The van der Waals surface area contributed by atoms with Crippen LogP contribution in [0.15, 0.2) is 225 Å². The van der Waals surface area contributed by atoms with Crippen molar-refractivity contribution in [3.63, 3.8) is 0 Å². The second-order valence-corrected chi connectivity index (χ2v) is 24.7. The predicted octanol–water partition coefficient (Wildman–Crippen LogP) is 13.0. The molecule has 0 aliphatic carbocycles. The van der Waals surface area contributed by atoms with Crippen molar-refractivity contribution >= 4 is 52.1 Å². The fourth-order valence-corrected chi connectivity index (χ4v) is 9.94. The number of nitrogens with zero attached hydrogens (tertiary/aromatic N) is 2. The molecule has 0 radical (unpaired) electrons. The Morgan fingerprint density at radius 1 is 0.336 bits per heavy atom. The number of hydrogen-bond donors (Lipinski definition) is 27. The lowest BCUT2D eigenvalue weighted by Crippen LogP contribution is -2.26. The molecule has 12 aromatic carbocycles. The molecule has 598 valence electrons. The lowest BCUT2D eigenvalue weighted by Gasteiger charge is -2.18. The number of aromatic nitrogens is 2. The topological polar surface area (TPSA) is 593 Å². The molecule has 116 heavy (non-hydrogen) atoms. The van der Waals surface area contributed by atoms with Gasteiger partial charge in [0.25, 0.3) is 23.6 Å². The molecule has 0 fully saturated rings. The van der Waals surface area contributed by atoms with Crippen LogP contribution in [0.4, 0.5) is 28.4 Å².